The van der Waals surface area contributed by atoms with Gasteiger partial charge in [0.1, 0.15) is 16.7 Å². The first kappa shape index (κ1) is 39.3. The summed E-state index contributed by atoms with van der Waals surface area (Å²) in [5.41, 5.74) is 0.301. The highest BCUT2D eigenvalue weighted by Crippen LogP contribution is 2.40. The fraction of sp³-hybridized carbons (Fsp3) is 0.125. The average Bonchev–Trinajstić information content (AvgIpc) is 3.17. The van der Waals surface area contributed by atoms with Gasteiger partial charge in [0.05, 0.1) is 37.6 Å². The number of ether oxygens (including phenoxy) is 3. The zero-order valence-electron chi connectivity index (χ0n) is 29.0. The minimum Gasteiger partial charge on any atom is -0.496 e. The van der Waals surface area contributed by atoms with Crippen LogP contribution in [0.5, 0.6) is 17.2 Å². The van der Waals surface area contributed by atoms with Crippen molar-refractivity contribution in [1.29, 1.82) is 0 Å². The van der Waals surface area contributed by atoms with Crippen molar-refractivity contribution in [3.05, 3.63) is 148 Å². The summed E-state index contributed by atoms with van der Waals surface area (Å²) in [7, 11) is 4.37. The van der Waals surface area contributed by atoms with E-state index in [1.807, 2.05) is 0 Å². The lowest BCUT2D eigenvalue weighted by molar-refractivity contribution is -0.137. The third-order valence-corrected chi connectivity index (χ3v) is 9.38. The molecule has 0 saturated heterocycles. The molecule has 0 aliphatic carbocycles. The molecular formula is C40H33ClF3N3O6S. The SMILES string of the molecule is COc1cc(OC)c(OC)cc1/C=C(/NC(=O)c1ccccc1)C(=O)Nc1cccc(SC(C(=O)Nc2cc(C(F)(F)F)ccc2Cl)c2ccccc2)c1. The Morgan fingerprint density at radius 2 is 1.39 bits per heavy atom. The summed E-state index contributed by atoms with van der Waals surface area (Å²) in [4.78, 5) is 41.4. The van der Waals surface area contributed by atoms with Gasteiger partial charge in [0.25, 0.3) is 11.8 Å². The van der Waals surface area contributed by atoms with Gasteiger partial charge in [0, 0.05) is 27.8 Å². The Balaban J connectivity index is 1.44. The Labute approximate surface area is 318 Å². The highest BCUT2D eigenvalue weighted by Gasteiger charge is 2.32. The summed E-state index contributed by atoms with van der Waals surface area (Å²) in [6, 6.07) is 29.5. The number of methoxy groups -OCH3 is 3. The number of benzene rings is 5. The third kappa shape index (κ3) is 9.94. The van der Waals surface area contributed by atoms with Crippen LogP contribution >= 0.6 is 23.4 Å². The lowest BCUT2D eigenvalue weighted by Crippen LogP contribution is -2.30. The number of nitrogens with one attached hydrogen (secondary N) is 3. The minimum absolute atomic E-state index is 0.0632. The van der Waals surface area contributed by atoms with Gasteiger partial charge < -0.3 is 30.2 Å². The van der Waals surface area contributed by atoms with E-state index in [0.29, 0.717) is 44.5 Å². The quantitative estimate of drug-likeness (QED) is 0.0807. The molecule has 54 heavy (non-hydrogen) atoms. The highest BCUT2D eigenvalue weighted by molar-refractivity contribution is 8.00. The number of hydrogen-bond donors (Lipinski definition) is 3. The topological polar surface area (TPSA) is 115 Å². The molecule has 0 aliphatic rings. The normalized spacial score (nSPS) is 11.9. The van der Waals surface area contributed by atoms with Crippen molar-refractivity contribution in [2.45, 2.75) is 16.3 Å². The molecule has 0 radical (unpaired) electrons. The summed E-state index contributed by atoms with van der Waals surface area (Å²) in [5, 5.41) is 7.03. The van der Waals surface area contributed by atoms with Crippen LogP contribution < -0.4 is 30.2 Å². The Hall–Kier alpha value is -5.92. The maximum atomic E-state index is 13.9. The lowest BCUT2D eigenvalue weighted by Gasteiger charge is -2.19. The van der Waals surface area contributed by atoms with Gasteiger partial charge in [-0.15, -0.1) is 11.8 Å². The largest absolute Gasteiger partial charge is 0.496 e. The van der Waals surface area contributed by atoms with E-state index in [1.54, 1.807) is 97.1 Å². The van der Waals surface area contributed by atoms with Crippen molar-refractivity contribution >= 4 is 58.5 Å². The maximum Gasteiger partial charge on any atom is 0.416 e. The summed E-state index contributed by atoms with van der Waals surface area (Å²) < 4.78 is 56.7. The molecule has 0 heterocycles. The van der Waals surface area contributed by atoms with Crippen molar-refractivity contribution in [3.8, 4) is 17.2 Å². The molecule has 0 aromatic heterocycles. The molecule has 5 aromatic carbocycles. The van der Waals surface area contributed by atoms with Crippen LogP contribution in [0.1, 0.15) is 32.3 Å². The van der Waals surface area contributed by atoms with Crippen molar-refractivity contribution < 1.29 is 41.8 Å². The van der Waals surface area contributed by atoms with Crippen LogP contribution in [-0.4, -0.2) is 39.1 Å². The van der Waals surface area contributed by atoms with Crippen LogP contribution in [0.4, 0.5) is 24.5 Å². The first-order valence-corrected chi connectivity index (χ1v) is 17.3. The first-order chi connectivity index (χ1) is 25.9. The second-order valence-corrected chi connectivity index (χ2v) is 13.0. The smallest absolute Gasteiger partial charge is 0.416 e. The van der Waals surface area contributed by atoms with Crippen molar-refractivity contribution in [1.82, 2.24) is 5.32 Å². The van der Waals surface area contributed by atoms with Gasteiger partial charge in [-0.1, -0.05) is 66.2 Å². The Morgan fingerprint density at radius 1 is 0.741 bits per heavy atom. The van der Waals surface area contributed by atoms with E-state index in [9.17, 15) is 27.6 Å². The fourth-order valence-electron chi connectivity index (χ4n) is 5.14. The van der Waals surface area contributed by atoms with Gasteiger partial charge in [-0.2, -0.15) is 13.2 Å². The van der Waals surface area contributed by atoms with Gasteiger partial charge in [0.15, 0.2) is 11.5 Å². The molecule has 1 atom stereocenters. The monoisotopic (exact) mass is 775 g/mol. The van der Waals surface area contributed by atoms with Crippen molar-refractivity contribution in [2.24, 2.45) is 0 Å². The average molecular weight is 776 g/mol. The summed E-state index contributed by atoms with van der Waals surface area (Å²) in [6.07, 6.45) is -3.21. The van der Waals surface area contributed by atoms with Crippen LogP contribution in [0.15, 0.2) is 126 Å². The number of alkyl halides is 3. The predicted octanol–water partition coefficient (Wildman–Crippen LogP) is 9.27. The molecule has 0 bridgehead atoms. The van der Waals surface area contributed by atoms with Crippen LogP contribution in [0.2, 0.25) is 5.02 Å². The summed E-state index contributed by atoms with van der Waals surface area (Å²) in [5.74, 6) is -0.772. The Bertz CT molecular complexity index is 2170. The maximum absolute atomic E-state index is 13.9. The summed E-state index contributed by atoms with van der Waals surface area (Å²) >= 11 is 7.28. The third-order valence-electron chi connectivity index (χ3n) is 7.80. The van der Waals surface area contributed by atoms with E-state index in [2.05, 4.69) is 16.0 Å². The molecule has 5 aromatic rings. The lowest BCUT2D eigenvalue weighted by atomic mass is 10.1. The predicted molar refractivity (Wildman–Crippen MR) is 203 cm³/mol. The molecular weight excluding hydrogens is 743 g/mol. The number of thioether (sulfide) groups is 1. The van der Waals surface area contributed by atoms with Gasteiger partial charge >= 0.3 is 6.18 Å². The molecule has 1 unspecified atom stereocenters. The van der Waals surface area contributed by atoms with Gasteiger partial charge in [-0.3, -0.25) is 14.4 Å². The molecule has 3 N–H and O–H groups in total. The minimum atomic E-state index is -4.64. The van der Waals surface area contributed by atoms with Crippen molar-refractivity contribution in [3.63, 3.8) is 0 Å². The van der Waals surface area contributed by atoms with E-state index >= 15 is 0 Å². The number of carbonyl (C=O) groups excluding carboxylic acids is 3. The zero-order chi connectivity index (χ0) is 38.8. The number of anilines is 2. The fourth-order valence-corrected chi connectivity index (χ4v) is 6.39. The van der Waals surface area contributed by atoms with E-state index in [0.717, 1.165) is 30.0 Å². The van der Waals surface area contributed by atoms with E-state index in [-0.39, 0.29) is 16.4 Å². The molecule has 278 valence electrons. The molecule has 0 spiro atoms. The van der Waals surface area contributed by atoms with E-state index < -0.39 is 34.7 Å². The molecule has 3 amide bonds. The molecule has 14 heteroatoms. The zero-order valence-corrected chi connectivity index (χ0v) is 30.6. The second kappa shape index (κ2) is 17.7. The van der Waals surface area contributed by atoms with Crippen molar-refractivity contribution in [2.75, 3.05) is 32.0 Å². The first-order valence-electron chi connectivity index (χ1n) is 16.1. The standard InChI is InChI=1S/C40H33ClF3N3O6S/c1-51-33-23-35(53-3)34(52-2)20-26(33)19-32(47-37(48)25-13-8-5-9-14-25)38(49)45-28-15-10-16-29(22-28)54-36(24-11-6-4-7-12-24)39(50)46-31-21-27(40(42,43)44)17-18-30(31)41/h4-23,36H,1-3H3,(H,45,49)(H,46,50)(H,47,48)/b32-19+. The molecule has 5 rings (SSSR count). The number of rotatable bonds is 13. The van der Waals surface area contributed by atoms with Gasteiger partial charge in [-0.05, 0) is 66.2 Å². The number of carbonyl (C=O) groups is 3. The summed E-state index contributed by atoms with van der Waals surface area (Å²) in [6.45, 7) is 0. The second-order valence-electron chi connectivity index (χ2n) is 11.4. The molecule has 0 saturated carbocycles. The Morgan fingerprint density at radius 3 is 2.04 bits per heavy atom. The molecule has 0 fully saturated rings. The van der Waals surface area contributed by atoms with Crippen LogP contribution in [-0.2, 0) is 15.8 Å². The number of halogens is 4. The van der Waals surface area contributed by atoms with Gasteiger partial charge in [-0.25, -0.2) is 0 Å². The molecule has 9 nitrogen and oxygen atoms in total. The van der Waals surface area contributed by atoms with Crippen LogP contribution in [0.3, 0.4) is 0 Å². The number of amides is 3. The van der Waals surface area contributed by atoms with Gasteiger partial charge in [0.2, 0.25) is 5.91 Å². The highest BCUT2D eigenvalue weighted by atomic mass is 35.5. The molecule has 0 aliphatic heterocycles. The van der Waals surface area contributed by atoms with Crippen LogP contribution in [0.25, 0.3) is 6.08 Å². The van der Waals surface area contributed by atoms with E-state index in [4.69, 9.17) is 25.8 Å². The van der Waals surface area contributed by atoms with E-state index in [1.165, 1.54) is 27.4 Å². The van der Waals surface area contributed by atoms with Crippen LogP contribution in [0, 0.1) is 0 Å². The number of hydrogen-bond acceptors (Lipinski definition) is 7. The Kier molecular flexibility index (Phi) is 12.9.